The largest absolute Gasteiger partial charge is 0.353 e. The van der Waals surface area contributed by atoms with Crippen LogP contribution in [0.3, 0.4) is 0 Å². The molecule has 0 aliphatic heterocycles. The topological polar surface area (TPSA) is 37.8 Å². The van der Waals surface area contributed by atoms with Crippen LogP contribution in [-0.4, -0.2) is 9.36 Å². The molecule has 0 fully saturated rings. The number of benzene rings is 1. The Balaban J connectivity index is 2.17. The molecule has 4 heteroatoms. The Bertz CT molecular complexity index is 479. The Morgan fingerprint density at radius 2 is 1.94 bits per heavy atom. The lowest BCUT2D eigenvalue weighted by molar-refractivity contribution is 0.546. The molecule has 0 bridgehead atoms. The number of aryl methyl sites for hydroxylation is 1. The second-order valence-corrected chi connectivity index (χ2v) is 5.40. The summed E-state index contributed by atoms with van der Waals surface area (Å²) in [4.78, 5) is 4.47. The molecule has 2 rings (SSSR count). The number of hydrogen-bond acceptors (Lipinski definition) is 4. The standard InChI is InChI=1S/C14H19N3S/c1-4-12-15-14(18-17-12)16-13(10(2)3)11-8-6-5-7-9-11/h5-10,13H,4H2,1-3H3,(H,15,16,17). The zero-order chi connectivity index (χ0) is 13.0. The Hall–Kier alpha value is -1.42. The molecule has 1 N–H and O–H groups in total. The number of hydrogen-bond donors (Lipinski definition) is 1. The second kappa shape index (κ2) is 5.96. The van der Waals surface area contributed by atoms with Crippen LogP contribution in [0.1, 0.15) is 38.2 Å². The lowest BCUT2D eigenvalue weighted by Gasteiger charge is -2.22. The highest BCUT2D eigenvalue weighted by atomic mass is 32.1. The van der Waals surface area contributed by atoms with E-state index in [9.17, 15) is 0 Å². The highest BCUT2D eigenvalue weighted by Gasteiger charge is 2.17. The maximum Gasteiger partial charge on any atom is 0.203 e. The van der Waals surface area contributed by atoms with Crippen LogP contribution >= 0.6 is 11.5 Å². The Kier molecular flexibility index (Phi) is 4.31. The zero-order valence-corrected chi connectivity index (χ0v) is 11.9. The molecule has 1 aromatic heterocycles. The minimum atomic E-state index is 0.281. The van der Waals surface area contributed by atoms with E-state index in [-0.39, 0.29) is 6.04 Å². The van der Waals surface area contributed by atoms with Crippen LogP contribution in [0.5, 0.6) is 0 Å². The van der Waals surface area contributed by atoms with Gasteiger partial charge >= 0.3 is 0 Å². The van der Waals surface area contributed by atoms with Gasteiger partial charge in [-0.15, -0.1) is 0 Å². The summed E-state index contributed by atoms with van der Waals surface area (Å²) in [6, 6.07) is 10.8. The maximum absolute atomic E-state index is 4.47. The van der Waals surface area contributed by atoms with Crippen molar-refractivity contribution in [2.24, 2.45) is 5.92 Å². The van der Waals surface area contributed by atoms with Crippen LogP contribution in [0.2, 0.25) is 0 Å². The quantitative estimate of drug-likeness (QED) is 0.886. The third-order valence-electron chi connectivity index (χ3n) is 2.89. The molecular weight excluding hydrogens is 242 g/mol. The number of nitrogens with one attached hydrogen (secondary N) is 1. The molecule has 18 heavy (non-hydrogen) atoms. The summed E-state index contributed by atoms with van der Waals surface area (Å²) in [6.07, 6.45) is 0.885. The third kappa shape index (κ3) is 3.07. The van der Waals surface area contributed by atoms with Gasteiger partial charge in [0.15, 0.2) is 0 Å². The second-order valence-electron chi connectivity index (χ2n) is 4.65. The van der Waals surface area contributed by atoms with Crippen LogP contribution in [0.4, 0.5) is 5.13 Å². The normalized spacial score (nSPS) is 12.7. The first-order chi connectivity index (χ1) is 8.70. The fourth-order valence-electron chi connectivity index (χ4n) is 1.88. The molecule has 1 unspecified atom stereocenters. The molecule has 1 atom stereocenters. The van der Waals surface area contributed by atoms with Gasteiger partial charge in [0.2, 0.25) is 5.13 Å². The van der Waals surface area contributed by atoms with Crippen LogP contribution < -0.4 is 5.32 Å². The summed E-state index contributed by atoms with van der Waals surface area (Å²) < 4.78 is 4.31. The van der Waals surface area contributed by atoms with Crippen molar-refractivity contribution in [3.05, 3.63) is 41.7 Å². The fourth-order valence-corrected chi connectivity index (χ4v) is 2.57. The number of anilines is 1. The van der Waals surface area contributed by atoms with Gasteiger partial charge in [-0.3, -0.25) is 0 Å². The van der Waals surface area contributed by atoms with Gasteiger partial charge in [-0.1, -0.05) is 51.1 Å². The van der Waals surface area contributed by atoms with Crippen LogP contribution in [0.25, 0.3) is 0 Å². The van der Waals surface area contributed by atoms with Crippen LogP contribution in [0, 0.1) is 5.92 Å². The molecule has 96 valence electrons. The van der Waals surface area contributed by atoms with E-state index >= 15 is 0 Å². The van der Waals surface area contributed by atoms with Gasteiger partial charge in [0.05, 0.1) is 6.04 Å². The summed E-state index contributed by atoms with van der Waals surface area (Å²) in [7, 11) is 0. The molecule has 0 saturated carbocycles. The Morgan fingerprint density at radius 3 is 2.50 bits per heavy atom. The lowest BCUT2D eigenvalue weighted by atomic mass is 9.96. The van der Waals surface area contributed by atoms with Crippen molar-refractivity contribution in [1.29, 1.82) is 0 Å². The van der Waals surface area contributed by atoms with Gasteiger partial charge in [-0.2, -0.15) is 4.37 Å². The smallest absolute Gasteiger partial charge is 0.203 e. The van der Waals surface area contributed by atoms with Crippen molar-refractivity contribution in [3.8, 4) is 0 Å². The summed E-state index contributed by atoms with van der Waals surface area (Å²) in [5.41, 5.74) is 1.29. The van der Waals surface area contributed by atoms with Gasteiger partial charge in [0, 0.05) is 18.0 Å². The van der Waals surface area contributed by atoms with E-state index in [4.69, 9.17) is 0 Å². The summed E-state index contributed by atoms with van der Waals surface area (Å²) in [5.74, 6) is 1.42. The minimum absolute atomic E-state index is 0.281. The monoisotopic (exact) mass is 261 g/mol. The maximum atomic E-state index is 4.47. The molecule has 0 amide bonds. The highest BCUT2D eigenvalue weighted by Crippen LogP contribution is 2.27. The van der Waals surface area contributed by atoms with E-state index in [1.54, 1.807) is 0 Å². The summed E-state index contributed by atoms with van der Waals surface area (Å²) in [5, 5.41) is 4.41. The van der Waals surface area contributed by atoms with Crippen molar-refractivity contribution < 1.29 is 0 Å². The molecule has 2 aromatic rings. The first-order valence-corrected chi connectivity index (χ1v) is 7.12. The van der Waals surface area contributed by atoms with Crippen LogP contribution in [0.15, 0.2) is 30.3 Å². The molecule has 0 aliphatic rings. The molecular formula is C14H19N3S. The lowest BCUT2D eigenvalue weighted by Crippen LogP contribution is -2.16. The molecule has 0 saturated heterocycles. The fraction of sp³-hybridized carbons (Fsp3) is 0.429. The first kappa shape index (κ1) is 13.0. The van der Waals surface area contributed by atoms with E-state index in [2.05, 4.69) is 59.7 Å². The van der Waals surface area contributed by atoms with Crippen molar-refractivity contribution in [2.45, 2.75) is 33.2 Å². The van der Waals surface area contributed by atoms with Gasteiger partial charge in [0.25, 0.3) is 0 Å². The van der Waals surface area contributed by atoms with Gasteiger partial charge in [-0.05, 0) is 11.5 Å². The molecule has 0 aliphatic carbocycles. The van der Waals surface area contributed by atoms with E-state index in [0.29, 0.717) is 5.92 Å². The highest BCUT2D eigenvalue weighted by molar-refractivity contribution is 7.09. The Labute approximate surface area is 112 Å². The Morgan fingerprint density at radius 1 is 1.22 bits per heavy atom. The van der Waals surface area contributed by atoms with E-state index in [0.717, 1.165) is 17.4 Å². The molecule has 1 aromatic carbocycles. The average Bonchev–Trinajstić information content (AvgIpc) is 2.84. The number of nitrogens with zero attached hydrogens (tertiary/aromatic N) is 2. The van der Waals surface area contributed by atoms with Crippen LogP contribution in [-0.2, 0) is 6.42 Å². The number of aromatic nitrogens is 2. The van der Waals surface area contributed by atoms with Gasteiger partial charge < -0.3 is 5.32 Å². The number of rotatable bonds is 5. The van der Waals surface area contributed by atoms with E-state index in [1.807, 2.05) is 6.07 Å². The van der Waals surface area contributed by atoms with E-state index < -0.39 is 0 Å². The van der Waals surface area contributed by atoms with Gasteiger partial charge in [0.1, 0.15) is 5.82 Å². The molecule has 0 spiro atoms. The van der Waals surface area contributed by atoms with Gasteiger partial charge in [-0.25, -0.2) is 4.98 Å². The van der Waals surface area contributed by atoms with E-state index in [1.165, 1.54) is 17.1 Å². The van der Waals surface area contributed by atoms with Crippen molar-refractivity contribution >= 4 is 16.7 Å². The summed E-state index contributed by atoms with van der Waals surface area (Å²) >= 11 is 1.44. The SMILES string of the molecule is CCc1nsc(NC(c2ccccc2)C(C)C)n1. The third-order valence-corrected chi connectivity index (χ3v) is 3.57. The zero-order valence-electron chi connectivity index (χ0n) is 11.1. The predicted octanol–water partition coefficient (Wildman–Crippen LogP) is 3.91. The van der Waals surface area contributed by atoms with Crippen molar-refractivity contribution in [3.63, 3.8) is 0 Å². The first-order valence-electron chi connectivity index (χ1n) is 6.34. The minimum Gasteiger partial charge on any atom is -0.353 e. The van der Waals surface area contributed by atoms with Crippen molar-refractivity contribution in [1.82, 2.24) is 9.36 Å². The molecule has 0 radical (unpaired) electrons. The molecule has 3 nitrogen and oxygen atoms in total. The summed E-state index contributed by atoms with van der Waals surface area (Å²) in [6.45, 7) is 6.50. The average molecular weight is 261 g/mol. The molecule has 1 heterocycles. The predicted molar refractivity (Wildman–Crippen MR) is 76.9 cm³/mol. The van der Waals surface area contributed by atoms with Crippen molar-refractivity contribution in [2.75, 3.05) is 5.32 Å².